The maximum atomic E-state index is 6.60. The molecular formula is C19H24O. The van der Waals surface area contributed by atoms with E-state index in [-0.39, 0.29) is 5.60 Å². The predicted octanol–water partition coefficient (Wildman–Crippen LogP) is 5.72. The van der Waals surface area contributed by atoms with Crippen LogP contribution in [0.2, 0.25) is 0 Å². The van der Waals surface area contributed by atoms with Gasteiger partial charge in [0, 0.05) is 5.39 Å². The molecule has 20 heavy (non-hydrogen) atoms. The number of hydrogen-bond donors (Lipinski definition) is 0. The summed E-state index contributed by atoms with van der Waals surface area (Å²) in [6, 6.07) is 14.9. The minimum Gasteiger partial charge on any atom is -0.487 e. The van der Waals surface area contributed by atoms with Gasteiger partial charge in [0.2, 0.25) is 0 Å². The highest BCUT2D eigenvalue weighted by molar-refractivity contribution is 5.88. The topological polar surface area (TPSA) is 9.23 Å². The normalized spacial score (nSPS) is 18.1. The van der Waals surface area contributed by atoms with Crippen LogP contribution in [0.3, 0.4) is 0 Å². The Kier molecular flexibility index (Phi) is 3.95. The smallest absolute Gasteiger partial charge is 0.127 e. The molecule has 0 heterocycles. The molecule has 0 atom stereocenters. The summed E-state index contributed by atoms with van der Waals surface area (Å²) in [6.45, 7) is 2.27. The summed E-state index contributed by atoms with van der Waals surface area (Å²) in [5.74, 6) is 1.07. The van der Waals surface area contributed by atoms with Crippen LogP contribution in [0.15, 0.2) is 42.5 Å². The Morgan fingerprint density at radius 2 is 1.70 bits per heavy atom. The van der Waals surface area contributed by atoms with E-state index < -0.39 is 0 Å². The zero-order valence-electron chi connectivity index (χ0n) is 12.4. The molecule has 0 spiro atoms. The van der Waals surface area contributed by atoms with E-state index in [0.29, 0.717) is 0 Å². The van der Waals surface area contributed by atoms with Crippen molar-refractivity contribution in [1.82, 2.24) is 0 Å². The lowest BCUT2D eigenvalue weighted by Crippen LogP contribution is -2.38. The van der Waals surface area contributed by atoms with E-state index in [1.54, 1.807) is 0 Å². The zero-order valence-corrected chi connectivity index (χ0v) is 12.4. The van der Waals surface area contributed by atoms with Crippen molar-refractivity contribution in [2.24, 2.45) is 0 Å². The van der Waals surface area contributed by atoms with Gasteiger partial charge >= 0.3 is 0 Å². The zero-order chi connectivity index (χ0) is 13.8. The first-order valence-corrected chi connectivity index (χ1v) is 8.00. The van der Waals surface area contributed by atoms with Gasteiger partial charge < -0.3 is 4.74 Å². The Bertz CT molecular complexity index is 556. The summed E-state index contributed by atoms with van der Waals surface area (Å²) < 4.78 is 6.60. The van der Waals surface area contributed by atoms with E-state index in [2.05, 4.69) is 49.4 Å². The summed E-state index contributed by atoms with van der Waals surface area (Å²) in [5, 5.41) is 2.52. The van der Waals surface area contributed by atoms with Crippen LogP contribution < -0.4 is 4.74 Å². The third kappa shape index (κ3) is 2.67. The molecule has 2 aromatic rings. The van der Waals surface area contributed by atoms with Crippen LogP contribution in [0.1, 0.15) is 51.9 Å². The fourth-order valence-corrected chi connectivity index (χ4v) is 3.57. The van der Waals surface area contributed by atoms with Crippen LogP contribution in [0, 0.1) is 0 Å². The second kappa shape index (κ2) is 5.87. The lowest BCUT2D eigenvalue weighted by Gasteiger charge is -2.38. The quantitative estimate of drug-likeness (QED) is 0.689. The molecule has 0 aromatic heterocycles. The first kappa shape index (κ1) is 13.5. The molecule has 0 unspecified atom stereocenters. The predicted molar refractivity (Wildman–Crippen MR) is 85.3 cm³/mol. The van der Waals surface area contributed by atoms with Crippen LogP contribution >= 0.6 is 0 Å². The maximum Gasteiger partial charge on any atom is 0.127 e. The molecule has 1 saturated carbocycles. The van der Waals surface area contributed by atoms with Crippen molar-refractivity contribution in [2.45, 2.75) is 57.5 Å². The molecule has 0 amide bonds. The molecule has 0 radical (unpaired) electrons. The molecule has 1 fully saturated rings. The van der Waals surface area contributed by atoms with Crippen LogP contribution in [-0.4, -0.2) is 5.60 Å². The molecule has 3 rings (SSSR count). The molecule has 0 bridgehead atoms. The van der Waals surface area contributed by atoms with Crippen molar-refractivity contribution in [3.63, 3.8) is 0 Å². The van der Waals surface area contributed by atoms with Gasteiger partial charge in [-0.2, -0.15) is 0 Å². The van der Waals surface area contributed by atoms with Crippen molar-refractivity contribution in [1.29, 1.82) is 0 Å². The molecule has 0 aliphatic heterocycles. The Labute approximate surface area is 122 Å². The average Bonchev–Trinajstić information content (AvgIpc) is 2.49. The van der Waals surface area contributed by atoms with E-state index in [4.69, 9.17) is 4.74 Å². The monoisotopic (exact) mass is 268 g/mol. The molecule has 0 N–H and O–H groups in total. The van der Waals surface area contributed by atoms with Gasteiger partial charge in [-0.25, -0.2) is 0 Å². The summed E-state index contributed by atoms with van der Waals surface area (Å²) in [7, 11) is 0. The van der Waals surface area contributed by atoms with Gasteiger partial charge in [-0.3, -0.25) is 0 Å². The number of hydrogen-bond acceptors (Lipinski definition) is 1. The number of rotatable bonds is 4. The van der Waals surface area contributed by atoms with E-state index in [1.165, 1.54) is 55.7 Å². The summed E-state index contributed by atoms with van der Waals surface area (Å²) in [5.41, 5.74) is 0.0805. The van der Waals surface area contributed by atoms with Gasteiger partial charge in [0.05, 0.1) is 0 Å². The van der Waals surface area contributed by atoms with Crippen molar-refractivity contribution in [3.05, 3.63) is 42.5 Å². The van der Waals surface area contributed by atoms with Crippen LogP contribution in [0.5, 0.6) is 5.75 Å². The molecule has 1 nitrogen and oxygen atoms in total. The van der Waals surface area contributed by atoms with E-state index in [0.717, 1.165) is 5.75 Å². The molecule has 106 valence electrons. The van der Waals surface area contributed by atoms with Gasteiger partial charge in [-0.15, -0.1) is 0 Å². The highest BCUT2D eigenvalue weighted by Gasteiger charge is 2.33. The Balaban J connectivity index is 1.94. The second-order valence-electron chi connectivity index (χ2n) is 6.07. The molecule has 1 aliphatic rings. The Morgan fingerprint density at radius 1 is 0.950 bits per heavy atom. The SMILES string of the molecule is CCCC1(Oc2cccc3ccccc23)CCCCC1. The van der Waals surface area contributed by atoms with Gasteiger partial charge in [0.15, 0.2) is 0 Å². The fraction of sp³-hybridized carbons (Fsp3) is 0.474. The first-order valence-electron chi connectivity index (χ1n) is 8.00. The highest BCUT2D eigenvalue weighted by Crippen LogP contribution is 2.38. The molecule has 1 aliphatic carbocycles. The summed E-state index contributed by atoms with van der Waals surface area (Å²) >= 11 is 0. The minimum absolute atomic E-state index is 0.0805. The van der Waals surface area contributed by atoms with Gasteiger partial charge in [-0.05, 0) is 43.6 Å². The van der Waals surface area contributed by atoms with Crippen molar-refractivity contribution in [3.8, 4) is 5.75 Å². The van der Waals surface area contributed by atoms with E-state index in [1.807, 2.05) is 0 Å². The van der Waals surface area contributed by atoms with Crippen molar-refractivity contribution in [2.75, 3.05) is 0 Å². The largest absolute Gasteiger partial charge is 0.487 e. The van der Waals surface area contributed by atoms with Gasteiger partial charge in [0.25, 0.3) is 0 Å². The van der Waals surface area contributed by atoms with Gasteiger partial charge in [-0.1, -0.05) is 56.2 Å². The van der Waals surface area contributed by atoms with Crippen LogP contribution in [0.25, 0.3) is 10.8 Å². The maximum absolute atomic E-state index is 6.60. The van der Waals surface area contributed by atoms with E-state index in [9.17, 15) is 0 Å². The number of ether oxygens (including phenoxy) is 1. The summed E-state index contributed by atoms with van der Waals surface area (Å²) in [6.07, 6.45) is 8.79. The molecule has 0 saturated heterocycles. The fourth-order valence-electron chi connectivity index (χ4n) is 3.57. The van der Waals surface area contributed by atoms with Crippen molar-refractivity contribution >= 4 is 10.8 Å². The van der Waals surface area contributed by atoms with E-state index >= 15 is 0 Å². The van der Waals surface area contributed by atoms with Gasteiger partial charge in [0.1, 0.15) is 11.4 Å². The average molecular weight is 268 g/mol. The molecular weight excluding hydrogens is 244 g/mol. The Morgan fingerprint density at radius 3 is 2.50 bits per heavy atom. The Hall–Kier alpha value is -1.50. The number of benzene rings is 2. The minimum atomic E-state index is 0.0805. The second-order valence-corrected chi connectivity index (χ2v) is 6.07. The molecule has 1 heteroatoms. The lowest BCUT2D eigenvalue weighted by atomic mass is 9.81. The number of fused-ring (bicyclic) bond motifs is 1. The lowest BCUT2D eigenvalue weighted by molar-refractivity contribution is 0.0227. The highest BCUT2D eigenvalue weighted by atomic mass is 16.5. The van der Waals surface area contributed by atoms with Crippen LogP contribution in [-0.2, 0) is 0 Å². The third-order valence-electron chi connectivity index (χ3n) is 4.55. The standard InChI is InChI=1S/C19H24O/c1-2-13-19(14-6-3-7-15-19)20-18-12-8-10-16-9-4-5-11-17(16)18/h4-5,8-12H,2-3,6-7,13-15H2,1H3. The third-order valence-corrected chi connectivity index (χ3v) is 4.55. The molecule has 2 aromatic carbocycles. The summed E-state index contributed by atoms with van der Waals surface area (Å²) in [4.78, 5) is 0. The van der Waals surface area contributed by atoms with Crippen molar-refractivity contribution < 1.29 is 4.74 Å². The first-order chi connectivity index (χ1) is 9.83. The van der Waals surface area contributed by atoms with Crippen LogP contribution in [0.4, 0.5) is 0 Å².